The first kappa shape index (κ1) is 16.2. The van der Waals surface area contributed by atoms with Gasteiger partial charge < -0.3 is 10.1 Å². The molecule has 0 aromatic heterocycles. The number of ether oxygens (including phenoxy) is 1. The molecule has 8 heteroatoms. The van der Waals surface area contributed by atoms with E-state index in [1.54, 1.807) is 6.92 Å². The van der Waals surface area contributed by atoms with Crippen molar-refractivity contribution >= 4 is 17.6 Å². The van der Waals surface area contributed by atoms with E-state index in [1.807, 2.05) is 0 Å². The van der Waals surface area contributed by atoms with Crippen molar-refractivity contribution in [2.75, 3.05) is 19.7 Å². The van der Waals surface area contributed by atoms with Crippen LogP contribution in [0, 0.1) is 5.82 Å². The molecule has 0 bridgehead atoms. The second kappa shape index (κ2) is 8.37. The van der Waals surface area contributed by atoms with E-state index in [0.717, 1.165) is 0 Å². The third-order valence-corrected chi connectivity index (χ3v) is 2.73. The predicted molar refractivity (Wildman–Crippen MR) is 72.8 cm³/mol. The molecule has 0 heterocycles. The lowest BCUT2D eigenvalue weighted by atomic mass is 10.1. The standard InChI is InChI=1S/C12H14ClFN4O2/c1-2-20-12(19)11(16-5-6-17-18-15)8-3-4-9(13)10(14)7-8/h3-4,7,11,16H,2,5-6H2,1H3. The second-order valence-corrected chi connectivity index (χ2v) is 4.17. The Morgan fingerprint density at radius 1 is 1.65 bits per heavy atom. The van der Waals surface area contributed by atoms with Gasteiger partial charge in [-0.15, -0.1) is 0 Å². The summed E-state index contributed by atoms with van der Waals surface area (Å²) in [5.74, 6) is -1.15. The van der Waals surface area contributed by atoms with E-state index in [9.17, 15) is 9.18 Å². The number of carbonyl (C=O) groups excluding carboxylic acids is 1. The Balaban J connectivity index is 2.87. The highest BCUT2D eigenvalue weighted by molar-refractivity contribution is 6.30. The minimum Gasteiger partial charge on any atom is -0.465 e. The van der Waals surface area contributed by atoms with Gasteiger partial charge in [0.05, 0.1) is 11.6 Å². The number of carbonyl (C=O) groups is 1. The molecule has 1 rings (SSSR count). The quantitative estimate of drug-likeness (QED) is 0.276. The molecule has 1 aromatic rings. The third kappa shape index (κ3) is 4.70. The average Bonchev–Trinajstić information content (AvgIpc) is 2.42. The van der Waals surface area contributed by atoms with E-state index in [2.05, 4.69) is 15.3 Å². The summed E-state index contributed by atoms with van der Waals surface area (Å²) in [6, 6.07) is 3.24. The minimum atomic E-state index is -0.837. The van der Waals surface area contributed by atoms with Gasteiger partial charge in [-0.3, -0.25) is 0 Å². The van der Waals surface area contributed by atoms with Gasteiger partial charge in [-0.2, -0.15) is 0 Å². The molecule has 0 amide bonds. The summed E-state index contributed by atoms with van der Waals surface area (Å²) in [5.41, 5.74) is 8.58. The molecule has 1 atom stereocenters. The largest absolute Gasteiger partial charge is 0.465 e. The minimum absolute atomic E-state index is 0.0227. The van der Waals surface area contributed by atoms with Crippen molar-refractivity contribution in [2.45, 2.75) is 13.0 Å². The fourth-order valence-corrected chi connectivity index (χ4v) is 1.68. The van der Waals surface area contributed by atoms with Gasteiger partial charge in [0.2, 0.25) is 0 Å². The van der Waals surface area contributed by atoms with E-state index in [-0.39, 0.29) is 24.7 Å². The lowest BCUT2D eigenvalue weighted by Crippen LogP contribution is -2.32. The van der Waals surface area contributed by atoms with Crippen molar-refractivity contribution in [1.29, 1.82) is 0 Å². The smallest absolute Gasteiger partial charge is 0.327 e. The summed E-state index contributed by atoms with van der Waals surface area (Å²) >= 11 is 5.60. The van der Waals surface area contributed by atoms with Gasteiger partial charge in [-0.25, -0.2) is 9.18 Å². The first-order valence-electron chi connectivity index (χ1n) is 5.96. The molecule has 1 N–H and O–H groups in total. The molecular formula is C12H14ClFN4O2. The van der Waals surface area contributed by atoms with Gasteiger partial charge in [0.25, 0.3) is 0 Å². The summed E-state index contributed by atoms with van der Waals surface area (Å²) in [4.78, 5) is 14.5. The molecule has 1 aromatic carbocycles. The molecule has 1 unspecified atom stereocenters. The number of nitrogens with one attached hydrogen (secondary N) is 1. The Hall–Kier alpha value is -1.82. The molecule has 0 saturated heterocycles. The fraction of sp³-hybridized carbons (Fsp3) is 0.417. The number of hydrogen-bond donors (Lipinski definition) is 1. The fourth-order valence-electron chi connectivity index (χ4n) is 1.56. The topological polar surface area (TPSA) is 87.1 Å². The van der Waals surface area contributed by atoms with Gasteiger partial charge in [-0.1, -0.05) is 22.8 Å². The molecule has 20 heavy (non-hydrogen) atoms. The highest BCUT2D eigenvalue weighted by Gasteiger charge is 2.22. The Morgan fingerprint density at radius 2 is 2.40 bits per heavy atom. The van der Waals surface area contributed by atoms with Crippen molar-refractivity contribution in [2.24, 2.45) is 5.11 Å². The summed E-state index contributed by atoms with van der Waals surface area (Å²) in [7, 11) is 0. The number of halogens is 2. The van der Waals surface area contributed by atoms with Gasteiger partial charge in [0.1, 0.15) is 11.9 Å². The van der Waals surface area contributed by atoms with Crippen LogP contribution in [0.5, 0.6) is 0 Å². The number of hydrogen-bond acceptors (Lipinski definition) is 4. The summed E-state index contributed by atoms with van der Waals surface area (Å²) in [5, 5.41) is 6.18. The van der Waals surface area contributed by atoms with Crippen LogP contribution in [0.25, 0.3) is 10.4 Å². The number of rotatable bonds is 7. The molecule has 0 radical (unpaired) electrons. The van der Waals surface area contributed by atoms with Crippen LogP contribution < -0.4 is 5.32 Å². The first-order valence-corrected chi connectivity index (χ1v) is 6.33. The van der Waals surface area contributed by atoms with Crippen LogP contribution >= 0.6 is 11.6 Å². The van der Waals surface area contributed by atoms with E-state index in [4.69, 9.17) is 21.9 Å². The third-order valence-electron chi connectivity index (χ3n) is 2.42. The maximum atomic E-state index is 13.5. The van der Waals surface area contributed by atoms with Crippen LogP contribution in [0.2, 0.25) is 5.02 Å². The number of benzene rings is 1. The van der Waals surface area contributed by atoms with Gasteiger partial charge in [0, 0.05) is 18.0 Å². The summed E-state index contributed by atoms with van der Waals surface area (Å²) < 4.78 is 18.4. The van der Waals surface area contributed by atoms with Gasteiger partial charge >= 0.3 is 5.97 Å². The molecule has 0 spiro atoms. The van der Waals surface area contributed by atoms with Crippen LogP contribution in [0.4, 0.5) is 4.39 Å². The molecule has 0 aliphatic rings. The first-order chi connectivity index (χ1) is 9.60. The zero-order valence-electron chi connectivity index (χ0n) is 10.8. The van der Waals surface area contributed by atoms with Crippen molar-refractivity contribution in [1.82, 2.24) is 5.32 Å². The maximum absolute atomic E-state index is 13.5. The molecule has 108 valence electrons. The van der Waals surface area contributed by atoms with E-state index < -0.39 is 17.8 Å². The van der Waals surface area contributed by atoms with E-state index >= 15 is 0 Å². The van der Waals surface area contributed by atoms with Crippen LogP contribution in [0.1, 0.15) is 18.5 Å². The number of azide groups is 1. The van der Waals surface area contributed by atoms with Crippen LogP contribution in [-0.2, 0) is 9.53 Å². The SMILES string of the molecule is CCOC(=O)C(NCCN=[N+]=[N-])c1ccc(Cl)c(F)c1. The maximum Gasteiger partial charge on any atom is 0.327 e. The highest BCUT2D eigenvalue weighted by Crippen LogP contribution is 2.21. The van der Waals surface area contributed by atoms with Crippen molar-refractivity contribution in [3.63, 3.8) is 0 Å². The molecule has 0 saturated carbocycles. The molecule has 0 aliphatic heterocycles. The lowest BCUT2D eigenvalue weighted by Gasteiger charge is -2.17. The highest BCUT2D eigenvalue weighted by atomic mass is 35.5. The molecule has 0 aliphatic carbocycles. The normalized spacial score (nSPS) is 11.6. The van der Waals surface area contributed by atoms with Crippen LogP contribution in [0.15, 0.2) is 23.3 Å². The number of esters is 1. The van der Waals surface area contributed by atoms with E-state index in [0.29, 0.717) is 5.56 Å². The molecule has 6 nitrogen and oxygen atoms in total. The number of nitrogens with zero attached hydrogens (tertiary/aromatic N) is 3. The summed E-state index contributed by atoms with van der Waals surface area (Å²) in [6.07, 6.45) is 0. The van der Waals surface area contributed by atoms with Gasteiger partial charge in [0.15, 0.2) is 0 Å². The molecule has 0 fully saturated rings. The van der Waals surface area contributed by atoms with Gasteiger partial charge in [-0.05, 0) is 30.2 Å². The van der Waals surface area contributed by atoms with Crippen LogP contribution in [0.3, 0.4) is 0 Å². The van der Waals surface area contributed by atoms with E-state index in [1.165, 1.54) is 18.2 Å². The molecular weight excluding hydrogens is 287 g/mol. The summed E-state index contributed by atoms with van der Waals surface area (Å²) in [6.45, 7) is 2.32. The monoisotopic (exact) mass is 300 g/mol. The van der Waals surface area contributed by atoms with Crippen molar-refractivity contribution in [3.8, 4) is 0 Å². The zero-order valence-corrected chi connectivity index (χ0v) is 11.6. The Morgan fingerprint density at radius 3 is 3.00 bits per heavy atom. The Bertz CT molecular complexity index is 520. The van der Waals surface area contributed by atoms with Crippen molar-refractivity contribution < 1.29 is 13.9 Å². The van der Waals surface area contributed by atoms with Crippen LogP contribution in [-0.4, -0.2) is 25.7 Å². The lowest BCUT2D eigenvalue weighted by molar-refractivity contribution is -0.145. The predicted octanol–water partition coefficient (Wildman–Crippen LogP) is 2.98. The second-order valence-electron chi connectivity index (χ2n) is 3.77. The zero-order chi connectivity index (χ0) is 15.0. The Labute approximate surface area is 120 Å². The average molecular weight is 301 g/mol. The Kier molecular flexibility index (Phi) is 6.79. The van der Waals surface area contributed by atoms with Crippen molar-refractivity contribution in [3.05, 3.63) is 45.0 Å².